The molecule has 3 aliphatic rings. The summed E-state index contributed by atoms with van der Waals surface area (Å²) in [6.45, 7) is 0. The minimum Gasteiger partial charge on any atom is -0.477 e. The van der Waals surface area contributed by atoms with Gasteiger partial charge < -0.3 is 16.2 Å². The molecule has 1 aromatic rings. The number of aliphatic carboxylic acids is 1. The molecule has 0 unspecified atom stereocenters. The van der Waals surface area contributed by atoms with Crippen molar-refractivity contribution >= 4 is 51.6 Å². The summed E-state index contributed by atoms with van der Waals surface area (Å²) in [6, 6.07) is -0.749. The molecule has 8 nitrogen and oxygen atoms in total. The molecule has 2 aliphatic heterocycles. The molecule has 2 atom stereocenters. The Morgan fingerprint density at radius 3 is 2.79 bits per heavy atom. The number of nitrogens with one attached hydrogen (secondary N) is 1. The average molecular weight is 435 g/mol. The Kier molecular flexibility index (Phi) is 5.64. The Hall–Kier alpha value is -2.33. The van der Waals surface area contributed by atoms with Gasteiger partial charge in [-0.2, -0.15) is 0 Å². The van der Waals surface area contributed by atoms with Crippen molar-refractivity contribution < 1.29 is 19.5 Å². The number of aromatic nitrogens is 1. The van der Waals surface area contributed by atoms with Gasteiger partial charge in [0.2, 0.25) is 0 Å². The fourth-order valence-electron chi connectivity index (χ4n) is 4.01. The molecule has 154 valence electrons. The summed E-state index contributed by atoms with van der Waals surface area (Å²) in [4.78, 5) is 42.4. The number of β-lactam (4-membered cyclic amide) rings is 1. The highest BCUT2D eigenvalue weighted by Crippen LogP contribution is 2.38. The highest BCUT2D eigenvalue weighted by Gasteiger charge is 2.52. The summed E-state index contributed by atoms with van der Waals surface area (Å²) in [5.74, 6) is -0.874. The largest absolute Gasteiger partial charge is 0.477 e. The molecule has 2 fully saturated rings. The van der Waals surface area contributed by atoms with Gasteiger partial charge in [0.05, 0.1) is 11.3 Å². The molecular weight excluding hydrogens is 412 g/mol. The first-order valence-electron chi connectivity index (χ1n) is 9.56. The summed E-state index contributed by atoms with van der Waals surface area (Å²) in [5, 5.41) is 13.8. The normalized spacial score (nSPS) is 24.7. The van der Waals surface area contributed by atoms with Gasteiger partial charge in [0.25, 0.3) is 11.8 Å². The van der Waals surface area contributed by atoms with Gasteiger partial charge in [-0.15, -0.1) is 23.1 Å². The van der Waals surface area contributed by atoms with E-state index in [4.69, 9.17) is 5.73 Å². The number of carbonyl (C=O) groups is 3. The van der Waals surface area contributed by atoms with Crippen LogP contribution in [-0.4, -0.2) is 49.9 Å². The number of carboxylic acid groups (broad SMARTS) is 1. The van der Waals surface area contributed by atoms with Gasteiger partial charge in [0.15, 0.2) is 5.13 Å². The molecule has 0 aromatic carbocycles. The number of amides is 2. The molecule has 1 aromatic heterocycles. The molecule has 1 saturated carbocycles. The number of hydrogen-bond acceptors (Lipinski definition) is 7. The van der Waals surface area contributed by atoms with Gasteiger partial charge in [0.1, 0.15) is 17.1 Å². The number of carboxylic acids is 1. The summed E-state index contributed by atoms with van der Waals surface area (Å²) < 4.78 is 0. The van der Waals surface area contributed by atoms with E-state index in [1.54, 1.807) is 5.38 Å². The topological polar surface area (TPSA) is 126 Å². The fourth-order valence-corrected chi connectivity index (χ4v) is 5.77. The van der Waals surface area contributed by atoms with Gasteiger partial charge in [-0.3, -0.25) is 14.5 Å². The van der Waals surface area contributed by atoms with Gasteiger partial charge in [-0.1, -0.05) is 31.8 Å². The summed E-state index contributed by atoms with van der Waals surface area (Å²) >= 11 is 2.69. The lowest BCUT2D eigenvalue weighted by molar-refractivity contribution is -0.150. The second-order valence-corrected chi connectivity index (χ2v) is 9.39. The van der Waals surface area contributed by atoms with E-state index >= 15 is 0 Å². The SMILES string of the molecule is Nc1nc(/C(=C/CC2CCCC2)C(=O)N[C@@H]2C(=O)N3C(C(=O)O)=CCS[C@H]23)cs1. The first-order chi connectivity index (χ1) is 14.0. The lowest BCUT2D eigenvalue weighted by Crippen LogP contribution is -2.70. The van der Waals surface area contributed by atoms with Crippen molar-refractivity contribution in [3.8, 4) is 0 Å². The van der Waals surface area contributed by atoms with Crippen LogP contribution in [0.4, 0.5) is 5.13 Å². The van der Waals surface area contributed by atoms with Crippen LogP contribution < -0.4 is 11.1 Å². The summed E-state index contributed by atoms with van der Waals surface area (Å²) in [6.07, 6.45) is 8.95. The van der Waals surface area contributed by atoms with E-state index in [0.717, 1.165) is 19.3 Å². The number of hydrogen-bond donors (Lipinski definition) is 3. The quantitative estimate of drug-likeness (QED) is 0.462. The maximum absolute atomic E-state index is 13.0. The zero-order chi connectivity index (χ0) is 20.5. The monoisotopic (exact) mass is 434 g/mol. The second-order valence-electron chi connectivity index (χ2n) is 7.35. The average Bonchev–Trinajstić information content (AvgIpc) is 3.37. The van der Waals surface area contributed by atoms with Crippen LogP contribution in [0.25, 0.3) is 5.57 Å². The molecule has 1 saturated heterocycles. The van der Waals surface area contributed by atoms with Crippen LogP contribution in [0.15, 0.2) is 23.2 Å². The van der Waals surface area contributed by atoms with Crippen LogP contribution in [0.5, 0.6) is 0 Å². The molecule has 3 heterocycles. The third kappa shape index (κ3) is 3.91. The van der Waals surface area contributed by atoms with Crippen molar-refractivity contribution in [3.63, 3.8) is 0 Å². The Balaban J connectivity index is 1.50. The Labute approximate surface area is 176 Å². The molecule has 10 heteroatoms. The van der Waals surface area contributed by atoms with Crippen molar-refractivity contribution in [1.29, 1.82) is 0 Å². The first-order valence-corrected chi connectivity index (χ1v) is 11.5. The number of nitrogens with two attached hydrogens (primary N) is 1. The van der Waals surface area contributed by atoms with Gasteiger partial charge >= 0.3 is 5.97 Å². The number of carbonyl (C=O) groups excluding carboxylic acids is 2. The number of nitrogen functional groups attached to an aromatic ring is 1. The molecule has 0 radical (unpaired) electrons. The van der Waals surface area contributed by atoms with E-state index < -0.39 is 23.3 Å². The van der Waals surface area contributed by atoms with Crippen LogP contribution >= 0.6 is 23.1 Å². The zero-order valence-corrected chi connectivity index (χ0v) is 17.3. The van der Waals surface area contributed by atoms with E-state index in [9.17, 15) is 19.5 Å². The summed E-state index contributed by atoms with van der Waals surface area (Å²) in [7, 11) is 0. The standard InChI is InChI=1S/C19H22N4O4S2/c20-19-21-12(9-29-19)11(6-5-10-3-1-2-4-10)15(24)22-14-16(25)23-13(18(26)27)7-8-28-17(14)23/h6-7,9-10,14,17H,1-5,8H2,(H2,20,21)(H,22,24)(H,26,27)/b11-6-/t14-,17-/m1/s1. The van der Waals surface area contributed by atoms with Gasteiger partial charge in [0, 0.05) is 11.1 Å². The van der Waals surface area contributed by atoms with E-state index in [2.05, 4.69) is 10.3 Å². The molecule has 4 rings (SSSR count). The van der Waals surface area contributed by atoms with Crippen LogP contribution in [0.3, 0.4) is 0 Å². The molecule has 0 bridgehead atoms. The van der Waals surface area contributed by atoms with Crippen LogP contribution in [0, 0.1) is 5.92 Å². The molecule has 29 heavy (non-hydrogen) atoms. The number of thioether (sulfide) groups is 1. The summed E-state index contributed by atoms with van der Waals surface area (Å²) in [5.41, 5.74) is 6.66. The highest BCUT2D eigenvalue weighted by atomic mass is 32.2. The number of nitrogens with zero attached hydrogens (tertiary/aromatic N) is 2. The van der Waals surface area contributed by atoms with E-state index in [1.165, 1.54) is 46.9 Å². The van der Waals surface area contributed by atoms with Crippen molar-refractivity contribution in [3.05, 3.63) is 28.9 Å². The predicted octanol–water partition coefficient (Wildman–Crippen LogP) is 2.06. The van der Waals surface area contributed by atoms with Crippen molar-refractivity contribution in [2.45, 2.75) is 43.5 Å². The lowest BCUT2D eigenvalue weighted by atomic mass is 10.00. The number of anilines is 1. The number of fused-ring (bicyclic) bond motifs is 1. The molecule has 4 N–H and O–H groups in total. The van der Waals surface area contributed by atoms with Crippen LogP contribution in [0.1, 0.15) is 37.8 Å². The first kappa shape index (κ1) is 20.0. The maximum atomic E-state index is 13.0. The van der Waals surface area contributed by atoms with Crippen molar-refractivity contribution in [2.75, 3.05) is 11.5 Å². The molecular formula is C19H22N4O4S2. The highest BCUT2D eigenvalue weighted by molar-refractivity contribution is 8.00. The number of allylic oxidation sites excluding steroid dienone is 1. The third-order valence-electron chi connectivity index (χ3n) is 5.52. The van der Waals surface area contributed by atoms with E-state index in [-0.39, 0.29) is 11.6 Å². The molecule has 0 spiro atoms. The predicted molar refractivity (Wildman–Crippen MR) is 112 cm³/mol. The second kappa shape index (κ2) is 8.19. The zero-order valence-electron chi connectivity index (χ0n) is 15.7. The van der Waals surface area contributed by atoms with Crippen molar-refractivity contribution in [2.24, 2.45) is 5.92 Å². The Bertz CT molecular complexity index is 904. The minimum absolute atomic E-state index is 0.0199. The number of rotatable bonds is 6. The smallest absolute Gasteiger partial charge is 0.352 e. The number of thiazole rings is 1. The molecule has 2 amide bonds. The molecule has 1 aliphatic carbocycles. The Morgan fingerprint density at radius 1 is 1.38 bits per heavy atom. The fraction of sp³-hybridized carbons (Fsp3) is 0.474. The lowest BCUT2D eigenvalue weighted by Gasteiger charge is -2.48. The van der Waals surface area contributed by atoms with Crippen LogP contribution in [0.2, 0.25) is 0 Å². The third-order valence-corrected chi connectivity index (χ3v) is 7.38. The van der Waals surface area contributed by atoms with E-state index in [0.29, 0.717) is 28.1 Å². The van der Waals surface area contributed by atoms with Gasteiger partial charge in [-0.25, -0.2) is 9.78 Å². The van der Waals surface area contributed by atoms with E-state index in [1.807, 2.05) is 6.08 Å². The maximum Gasteiger partial charge on any atom is 0.352 e. The Morgan fingerprint density at radius 2 is 2.14 bits per heavy atom. The van der Waals surface area contributed by atoms with Gasteiger partial charge in [-0.05, 0) is 18.4 Å². The van der Waals surface area contributed by atoms with Crippen LogP contribution in [-0.2, 0) is 14.4 Å². The minimum atomic E-state index is -1.14. The van der Waals surface area contributed by atoms with Crippen molar-refractivity contribution in [1.82, 2.24) is 15.2 Å².